The molecule has 1 fully saturated rings. The highest BCUT2D eigenvalue weighted by Gasteiger charge is 2.32. The molecule has 0 spiro atoms. The molecule has 2 aromatic rings. The summed E-state index contributed by atoms with van der Waals surface area (Å²) in [5.74, 6) is 1.62. The Morgan fingerprint density at radius 2 is 2.04 bits per heavy atom. The van der Waals surface area contributed by atoms with Gasteiger partial charge in [-0.15, -0.1) is 0 Å². The number of carbonyl (C=O) groups excluding carboxylic acids is 1. The van der Waals surface area contributed by atoms with Crippen molar-refractivity contribution >= 4 is 23.6 Å². The van der Waals surface area contributed by atoms with Crippen LogP contribution in [-0.4, -0.2) is 31.1 Å². The first-order chi connectivity index (χ1) is 12.7. The molecule has 134 valence electrons. The summed E-state index contributed by atoms with van der Waals surface area (Å²) in [7, 11) is 1.65. The quantitative estimate of drug-likeness (QED) is 0.800. The summed E-state index contributed by atoms with van der Waals surface area (Å²) in [5, 5.41) is 0.634. The predicted molar refractivity (Wildman–Crippen MR) is 102 cm³/mol. The number of carbonyl (C=O) groups is 1. The number of hydrogen-bond donors (Lipinski definition) is 0. The standard InChI is InChI=1S/C21H20ClNO3/c1-25-18-7-4-14(5-8-18)19-3-2-10-23(19)21(24)16-11-15-12-17(22)6-9-20(15)26-13-16/h4-9,11-12,19H,2-3,10,13H2,1H3. The molecule has 0 aliphatic carbocycles. The number of methoxy groups -OCH3 is 1. The van der Waals surface area contributed by atoms with Gasteiger partial charge in [-0.2, -0.15) is 0 Å². The average molecular weight is 370 g/mol. The van der Waals surface area contributed by atoms with Crippen molar-refractivity contribution in [1.29, 1.82) is 0 Å². The molecule has 4 rings (SSSR count). The van der Waals surface area contributed by atoms with E-state index in [2.05, 4.69) is 0 Å². The van der Waals surface area contributed by atoms with Crippen molar-refractivity contribution in [1.82, 2.24) is 4.90 Å². The molecule has 0 saturated carbocycles. The van der Waals surface area contributed by atoms with Gasteiger partial charge >= 0.3 is 0 Å². The van der Waals surface area contributed by atoms with Gasteiger partial charge in [0.1, 0.15) is 18.1 Å². The summed E-state index contributed by atoms with van der Waals surface area (Å²) in [6.45, 7) is 1.05. The fourth-order valence-corrected chi connectivity index (χ4v) is 3.82. The number of halogens is 1. The summed E-state index contributed by atoms with van der Waals surface area (Å²) in [6.07, 6.45) is 3.87. The first-order valence-corrected chi connectivity index (χ1v) is 9.11. The minimum absolute atomic E-state index is 0.0361. The number of fused-ring (bicyclic) bond motifs is 1. The van der Waals surface area contributed by atoms with Crippen molar-refractivity contribution in [3.05, 3.63) is 64.2 Å². The molecule has 0 aromatic heterocycles. The number of likely N-dealkylation sites (tertiary alicyclic amines) is 1. The summed E-state index contributed by atoms with van der Waals surface area (Å²) in [4.78, 5) is 15.1. The molecule has 0 radical (unpaired) electrons. The van der Waals surface area contributed by atoms with Crippen LogP contribution in [0, 0.1) is 0 Å². The Bertz CT molecular complexity index is 860. The Balaban J connectivity index is 1.58. The van der Waals surface area contributed by atoms with Crippen LogP contribution in [0.15, 0.2) is 48.0 Å². The molecule has 5 heteroatoms. The Labute approximate surface area is 158 Å². The van der Waals surface area contributed by atoms with Gasteiger partial charge < -0.3 is 14.4 Å². The Hall–Kier alpha value is -2.46. The molecule has 4 nitrogen and oxygen atoms in total. The van der Waals surface area contributed by atoms with Crippen LogP contribution >= 0.6 is 11.6 Å². The van der Waals surface area contributed by atoms with Crippen LogP contribution in [0.25, 0.3) is 6.08 Å². The van der Waals surface area contributed by atoms with Gasteiger partial charge in [0.05, 0.1) is 18.7 Å². The van der Waals surface area contributed by atoms with Gasteiger partial charge in [0.2, 0.25) is 0 Å². The van der Waals surface area contributed by atoms with Crippen molar-refractivity contribution in [3.63, 3.8) is 0 Å². The molecule has 1 unspecified atom stereocenters. The van der Waals surface area contributed by atoms with E-state index in [0.717, 1.165) is 42.0 Å². The Morgan fingerprint density at radius 1 is 1.23 bits per heavy atom. The molecule has 1 atom stereocenters. The molecular weight excluding hydrogens is 350 g/mol. The molecule has 2 aromatic carbocycles. The lowest BCUT2D eigenvalue weighted by atomic mass is 10.0. The second kappa shape index (κ2) is 7.04. The lowest BCUT2D eigenvalue weighted by molar-refractivity contribution is -0.128. The topological polar surface area (TPSA) is 38.8 Å². The molecular formula is C21H20ClNO3. The molecule has 2 aliphatic rings. The van der Waals surface area contributed by atoms with Crippen molar-refractivity contribution in [3.8, 4) is 11.5 Å². The molecule has 26 heavy (non-hydrogen) atoms. The van der Waals surface area contributed by atoms with Crippen molar-refractivity contribution in [2.24, 2.45) is 0 Å². The number of ether oxygens (including phenoxy) is 2. The SMILES string of the molecule is COc1ccc(C2CCCN2C(=O)C2=Cc3cc(Cl)ccc3OC2)cc1. The van der Waals surface area contributed by atoms with E-state index in [0.29, 0.717) is 17.2 Å². The highest BCUT2D eigenvalue weighted by Crippen LogP contribution is 2.35. The van der Waals surface area contributed by atoms with Gasteiger partial charge in [-0.25, -0.2) is 0 Å². The second-order valence-corrected chi connectivity index (χ2v) is 7.01. The van der Waals surface area contributed by atoms with Crippen LogP contribution in [-0.2, 0) is 4.79 Å². The van der Waals surface area contributed by atoms with E-state index >= 15 is 0 Å². The monoisotopic (exact) mass is 369 g/mol. The zero-order valence-electron chi connectivity index (χ0n) is 14.6. The third-order valence-electron chi connectivity index (χ3n) is 4.97. The summed E-state index contributed by atoms with van der Waals surface area (Å²) >= 11 is 6.07. The highest BCUT2D eigenvalue weighted by molar-refractivity contribution is 6.30. The van der Waals surface area contributed by atoms with Gasteiger partial charge in [0.15, 0.2) is 0 Å². The number of nitrogens with zero attached hydrogens (tertiary/aromatic N) is 1. The molecule has 0 bridgehead atoms. The maximum absolute atomic E-state index is 13.1. The van der Waals surface area contributed by atoms with Crippen LogP contribution in [0.3, 0.4) is 0 Å². The molecule has 1 saturated heterocycles. The first-order valence-electron chi connectivity index (χ1n) is 8.73. The maximum Gasteiger partial charge on any atom is 0.253 e. The number of hydrogen-bond acceptors (Lipinski definition) is 3. The predicted octanol–water partition coefficient (Wildman–Crippen LogP) is 4.49. The van der Waals surface area contributed by atoms with Crippen molar-refractivity contribution < 1.29 is 14.3 Å². The minimum Gasteiger partial charge on any atom is -0.497 e. The largest absolute Gasteiger partial charge is 0.497 e. The van der Waals surface area contributed by atoms with E-state index in [1.54, 1.807) is 13.2 Å². The van der Waals surface area contributed by atoms with E-state index in [1.165, 1.54) is 0 Å². The fraction of sp³-hybridized carbons (Fsp3) is 0.286. The van der Waals surface area contributed by atoms with Crippen LogP contribution in [0.1, 0.15) is 30.0 Å². The van der Waals surface area contributed by atoms with Gasteiger partial charge in [-0.05, 0) is 54.8 Å². The van der Waals surface area contributed by atoms with E-state index in [-0.39, 0.29) is 11.9 Å². The van der Waals surface area contributed by atoms with Gasteiger partial charge in [-0.1, -0.05) is 23.7 Å². The Kier molecular flexibility index (Phi) is 4.60. The fourth-order valence-electron chi connectivity index (χ4n) is 3.64. The third-order valence-corrected chi connectivity index (χ3v) is 5.21. The van der Waals surface area contributed by atoms with Crippen molar-refractivity contribution in [2.45, 2.75) is 18.9 Å². The number of amides is 1. The van der Waals surface area contributed by atoms with E-state index in [4.69, 9.17) is 21.1 Å². The van der Waals surface area contributed by atoms with Crippen LogP contribution in [0.4, 0.5) is 0 Å². The maximum atomic E-state index is 13.1. The normalized spacial score (nSPS) is 18.8. The number of rotatable bonds is 3. The highest BCUT2D eigenvalue weighted by atomic mass is 35.5. The smallest absolute Gasteiger partial charge is 0.253 e. The second-order valence-electron chi connectivity index (χ2n) is 6.57. The van der Waals surface area contributed by atoms with E-state index < -0.39 is 0 Å². The minimum atomic E-state index is 0.0361. The third kappa shape index (κ3) is 3.17. The molecule has 2 aliphatic heterocycles. The zero-order chi connectivity index (χ0) is 18.1. The average Bonchev–Trinajstić information content (AvgIpc) is 3.16. The van der Waals surface area contributed by atoms with Crippen LogP contribution < -0.4 is 9.47 Å². The Morgan fingerprint density at radius 3 is 2.81 bits per heavy atom. The molecule has 0 N–H and O–H groups in total. The lowest BCUT2D eigenvalue weighted by Gasteiger charge is -2.28. The van der Waals surface area contributed by atoms with E-state index in [9.17, 15) is 4.79 Å². The van der Waals surface area contributed by atoms with Gasteiger partial charge in [0, 0.05) is 17.1 Å². The molecule has 1 amide bonds. The van der Waals surface area contributed by atoms with Crippen molar-refractivity contribution in [2.75, 3.05) is 20.3 Å². The summed E-state index contributed by atoms with van der Waals surface area (Å²) in [5.41, 5.74) is 2.66. The number of benzene rings is 2. The van der Waals surface area contributed by atoms with E-state index in [1.807, 2.05) is 47.4 Å². The lowest BCUT2D eigenvalue weighted by Crippen LogP contribution is -2.34. The molecule has 2 heterocycles. The van der Waals surface area contributed by atoms with Crippen LogP contribution in [0.2, 0.25) is 5.02 Å². The summed E-state index contributed by atoms with van der Waals surface area (Å²) < 4.78 is 11.0. The summed E-state index contributed by atoms with van der Waals surface area (Å²) in [6, 6.07) is 13.5. The van der Waals surface area contributed by atoms with Crippen LogP contribution in [0.5, 0.6) is 11.5 Å². The zero-order valence-corrected chi connectivity index (χ0v) is 15.3. The van der Waals surface area contributed by atoms with Gasteiger partial charge in [-0.3, -0.25) is 4.79 Å². The first kappa shape index (κ1) is 17.0. The van der Waals surface area contributed by atoms with Gasteiger partial charge in [0.25, 0.3) is 5.91 Å².